The molecule has 1 heterocycles. The van der Waals surface area contributed by atoms with Crippen molar-refractivity contribution in [1.29, 1.82) is 0 Å². The van der Waals surface area contributed by atoms with E-state index < -0.39 is 24.4 Å². The van der Waals surface area contributed by atoms with Gasteiger partial charge in [-0.3, -0.25) is 9.59 Å². The molecule has 2 N–H and O–H groups in total. The van der Waals surface area contributed by atoms with Crippen LogP contribution in [0.3, 0.4) is 0 Å². The van der Waals surface area contributed by atoms with E-state index in [9.17, 15) is 23.5 Å². The number of aryl methyl sites for hydroxylation is 1. The number of hydrogen-bond donors (Lipinski definition) is 2. The fourth-order valence-corrected chi connectivity index (χ4v) is 3.06. The molecule has 0 spiro atoms. The molecule has 134 valence electrons. The second-order valence-corrected chi connectivity index (χ2v) is 6.35. The van der Waals surface area contributed by atoms with Crippen molar-refractivity contribution in [2.24, 2.45) is 5.92 Å². The van der Waals surface area contributed by atoms with Crippen molar-refractivity contribution in [1.82, 2.24) is 5.32 Å². The molecule has 0 aliphatic heterocycles. The second kappa shape index (κ2) is 8.57. The summed E-state index contributed by atoms with van der Waals surface area (Å²) in [4.78, 5) is 23.5. The lowest BCUT2D eigenvalue weighted by Crippen LogP contribution is -2.34. The largest absolute Gasteiger partial charge is 0.481 e. The number of rotatable bonds is 8. The first kappa shape index (κ1) is 18.9. The van der Waals surface area contributed by atoms with Crippen LogP contribution in [0.25, 0.3) is 0 Å². The molecule has 1 amide bonds. The fourth-order valence-electron chi connectivity index (χ4n) is 2.32. The Labute approximate surface area is 147 Å². The molecule has 1 aromatic carbocycles. The number of benzene rings is 1. The average molecular weight is 369 g/mol. The second-order valence-electron chi connectivity index (χ2n) is 5.43. The van der Waals surface area contributed by atoms with Crippen molar-refractivity contribution >= 4 is 23.2 Å². The Hall–Kier alpha value is -2.48. The third kappa shape index (κ3) is 5.53. The molecule has 0 bridgehead atoms. The maximum absolute atomic E-state index is 12.3. The highest BCUT2D eigenvalue weighted by atomic mass is 32.1. The molecule has 5 nitrogen and oxygen atoms in total. The van der Waals surface area contributed by atoms with Gasteiger partial charge >= 0.3 is 12.6 Å². The van der Waals surface area contributed by atoms with Crippen LogP contribution in [-0.2, 0) is 11.2 Å². The van der Waals surface area contributed by atoms with Gasteiger partial charge in [0, 0.05) is 6.54 Å². The Morgan fingerprint density at radius 2 is 2.08 bits per heavy atom. The number of carbonyl (C=O) groups excluding carboxylic acids is 1. The Bertz CT molecular complexity index is 748. The van der Waals surface area contributed by atoms with E-state index in [2.05, 4.69) is 10.1 Å². The first-order valence-electron chi connectivity index (χ1n) is 7.45. The van der Waals surface area contributed by atoms with Gasteiger partial charge in [0.1, 0.15) is 10.6 Å². The van der Waals surface area contributed by atoms with Crippen LogP contribution in [0.1, 0.15) is 20.8 Å². The van der Waals surface area contributed by atoms with E-state index in [4.69, 9.17) is 0 Å². The van der Waals surface area contributed by atoms with Gasteiger partial charge in [-0.25, -0.2) is 0 Å². The summed E-state index contributed by atoms with van der Waals surface area (Å²) >= 11 is 0.948. The summed E-state index contributed by atoms with van der Waals surface area (Å²) in [7, 11) is 0. The third-order valence-electron chi connectivity index (χ3n) is 3.47. The van der Waals surface area contributed by atoms with Crippen molar-refractivity contribution in [3.63, 3.8) is 0 Å². The van der Waals surface area contributed by atoms with E-state index in [0.717, 1.165) is 22.5 Å². The van der Waals surface area contributed by atoms with E-state index in [1.54, 1.807) is 0 Å². The maximum atomic E-state index is 12.3. The molecule has 2 aromatic rings. The van der Waals surface area contributed by atoms with Crippen LogP contribution in [-0.4, -0.2) is 30.1 Å². The quantitative estimate of drug-likeness (QED) is 0.748. The molecular weight excluding hydrogens is 352 g/mol. The van der Waals surface area contributed by atoms with Crippen LogP contribution in [0.4, 0.5) is 8.78 Å². The van der Waals surface area contributed by atoms with Crippen molar-refractivity contribution in [2.75, 3.05) is 6.54 Å². The van der Waals surface area contributed by atoms with Gasteiger partial charge in [0.15, 0.2) is 0 Å². The molecule has 0 fully saturated rings. The zero-order valence-electron chi connectivity index (χ0n) is 13.4. The SMILES string of the molecule is Cc1cccc(CC(CNC(=O)c2sccc2OC(F)F)C(=O)O)c1. The molecule has 1 unspecified atom stereocenters. The predicted molar refractivity (Wildman–Crippen MR) is 89.3 cm³/mol. The molecular formula is C17H17F2NO4S. The summed E-state index contributed by atoms with van der Waals surface area (Å²) < 4.78 is 28.9. The summed E-state index contributed by atoms with van der Waals surface area (Å²) in [5, 5.41) is 13.3. The molecule has 8 heteroatoms. The van der Waals surface area contributed by atoms with E-state index in [0.29, 0.717) is 0 Å². The van der Waals surface area contributed by atoms with Gasteiger partial charge in [-0.2, -0.15) is 8.78 Å². The highest BCUT2D eigenvalue weighted by molar-refractivity contribution is 7.12. The number of thiophene rings is 1. The van der Waals surface area contributed by atoms with E-state index in [1.165, 1.54) is 11.4 Å². The van der Waals surface area contributed by atoms with E-state index >= 15 is 0 Å². The fraction of sp³-hybridized carbons (Fsp3) is 0.294. The van der Waals surface area contributed by atoms with Crippen molar-refractivity contribution in [2.45, 2.75) is 20.0 Å². The zero-order valence-corrected chi connectivity index (χ0v) is 14.2. The molecule has 0 saturated carbocycles. The van der Waals surface area contributed by atoms with Crippen molar-refractivity contribution in [3.05, 3.63) is 51.7 Å². The summed E-state index contributed by atoms with van der Waals surface area (Å²) in [5.74, 6) is -2.73. The van der Waals surface area contributed by atoms with Crippen molar-refractivity contribution < 1.29 is 28.2 Å². The normalized spacial score (nSPS) is 12.0. The summed E-state index contributed by atoms with van der Waals surface area (Å²) in [6.45, 7) is -1.24. The minimum absolute atomic E-state index is 0.0139. The number of ether oxygens (including phenoxy) is 1. The van der Waals surface area contributed by atoms with Gasteiger partial charge in [0.2, 0.25) is 0 Å². The lowest BCUT2D eigenvalue weighted by Gasteiger charge is -2.14. The molecule has 2 rings (SSSR count). The number of nitrogens with one attached hydrogen (secondary N) is 1. The van der Waals surface area contributed by atoms with Crippen LogP contribution in [0.2, 0.25) is 0 Å². The van der Waals surface area contributed by atoms with Gasteiger partial charge in [-0.05, 0) is 30.4 Å². The molecule has 1 atom stereocenters. The zero-order chi connectivity index (χ0) is 18.4. The van der Waals surface area contributed by atoms with Crippen LogP contribution in [0.15, 0.2) is 35.7 Å². The molecule has 25 heavy (non-hydrogen) atoms. The summed E-state index contributed by atoms with van der Waals surface area (Å²) in [6, 6.07) is 8.71. The number of hydrogen-bond acceptors (Lipinski definition) is 4. The van der Waals surface area contributed by atoms with Crippen LogP contribution < -0.4 is 10.1 Å². The van der Waals surface area contributed by atoms with E-state index in [-0.39, 0.29) is 23.6 Å². The monoisotopic (exact) mass is 369 g/mol. The predicted octanol–water partition coefficient (Wildman–Crippen LogP) is 3.33. The van der Waals surface area contributed by atoms with Crippen LogP contribution >= 0.6 is 11.3 Å². The minimum Gasteiger partial charge on any atom is -0.481 e. The summed E-state index contributed by atoms with van der Waals surface area (Å²) in [5.41, 5.74) is 1.86. The number of carboxylic acids is 1. The van der Waals surface area contributed by atoms with Gasteiger partial charge < -0.3 is 15.2 Å². The standard InChI is InChI=1S/C17H17F2NO4S/c1-10-3-2-4-11(7-10)8-12(16(22)23)9-20-15(21)14-13(5-6-25-14)24-17(18)19/h2-7,12,17H,8-9H2,1H3,(H,20,21)(H,22,23). The molecule has 0 aliphatic rings. The third-order valence-corrected chi connectivity index (χ3v) is 4.37. The molecule has 1 aromatic heterocycles. The van der Waals surface area contributed by atoms with Crippen LogP contribution in [0.5, 0.6) is 5.75 Å². The molecule has 0 radical (unpaired) electrons. The number of halogens is 2. The lowest BCUT2D eigenvalue weighted by molar-refractivity contribution is -0.141. The number of amides is 1. The van der Waals surface area contributed by atoms with Gasteiger partial charge in [-0.1, -0.05) is 29.8 Å². The Morgan fingerprint density at radius 1 is 1.32 bits per heavy atom. The highest BCUT2D eigenvalue weighted by Gasteiger charge is 2.22. The average Bonchev–Trinajstić information content (AvgIpc) is 2.98. The number of aliphatic carboxylic acids is 1. The number of carbonyl (C=O) groups is 2. The summed E-state index contributed by atoms with van der Waals surface area (Å²) in [6.07, 6.45) is 0.252. The first-order chi connectivity index (χ1) is 11.9. The van der Waals surface area contributed by atoms with Crippen molar-refractivity contribution in [3.8, 4) is 5.75 Å². The van der Waals surface area contributed by atoms with Gasteiger partial charge in [-0.15, -0.1) is 11.3 Å². The van der Waals surface area contributed by atoms with E-state index in [1.807, 2.05) is 31.2 Å². The maximum Gasteiger partial charge on any atom is 0.387 e. The van der Waals surface area contributed by atoms with Crippen LogP contribution in [0, 0.1) is 12.8 Å². The Kier molecular flexibility index (Phi) is 6.46. The molecule has 0 aliphatic carbocycles. The number of carboxylic acid groups (broad SMARTS) is 1. The highest BCUT2D eigenvalue weighted by Crippen LogP contribution is 2.26. The first-order valence-corrected chi connectivity index (χ1v) is 8.33. The molecule has 0 saturated heterocycles. The topological polar surface area (TPSA) is 75.6 Å². The lowest BCUT2D eigenvalue weighted by atomic mass is 9.98. The number of alkyl halides is 2. The van der Waals surface area contributed by atoms with Gasteiger partial charge in [0.05, 0.1) is 5.92 Å². The van der Waals surface area contributed by atoms with Gasteiger partial charge in [0.25, 0.3) is 5.91 Å². The minimum atomic E-state index is -3.03. The Morgan fingerprint density at radius 3 is 2.72 bits per heavy atom. The smallest absolute Gasteiger partial charge is 0.387 e. The Balaban J connectivity index is 2.00.